The first-order valence-electron chi connectivity index (χ1n) is 6.56. The van der Waals surface area contributed by atoms with E-state index in [9.17, 15) is 4.39 Å². The molecule has 2 atom stereocenters. The zero-order chi connectivity index (χ0) is 14.5. The van der Waals surface area contributed by atoms with E-state index < -0.39 is 0 Å². The van der Waals surface area contributed by atoms with E-state index in [2.05, 4.69) is 24.0 Å². The average Bonchev–Trinajstić information content (AvgIpc) is 2.92. The van der Waals surface area contributed by atoms with Crippen molar-refractivity contribution in [1.29, 1.82) is 0 Å². The second-order valence-corrected chi connectivity index (χ2v) is 5.75. The molecule has 2 unspecified atom stereocenters. The summed E-state index contributed by atoms with van der Waals surface area (Å²) in [7, 11) is 0. The molecule has 0 saturated carbocycles. The lowest BCUT2D eigenvalue weighted by atomic mass is 10.0. The van der Waals surface area contributed by atoms with Gasteiger partial charge in [0.2, 0.25) is 5.89 Å². The highest BCUT2D eigenvalue weighted by Crippen LogP contribution is 2.24. The summed E-state index contributed by atoms with van der Waals surface area (Å²) in [5.41, 5.74) is 6.04. The second-order valence-electron chi connectivity index (χ2n) is 4.71. The standard InChI is InChI=1S/C14H18FN3OS/c1-3-9(2)13(16)14-17-12(18-19-14)8-20-11-6-4-5-10(15)7-11/h4-7,9,13H,3,8,16H2,1-2H3. The predicted molar refractivity (Wildman–Crippen MR) is 76.6 cm³/mol. The Bertz CT molecular complexity index is 561. The number of nitrogens with zero attached hydrogens (tertiary/aromatic N) is 2. The minimum Gasteiger partial charge on any atom is -0.338 e. The van der Waals surface area contributed by atoms with Crippen LogP contribution in [0, 0.1) is 11.7 Å². The molecule has 1 aromatic carbocycles. The molecule has 108 valence electrons. The van der Waals surface area contributed by atoms with E-state index in [1.165, 1.54) is 23.9 Å². The second kappa shape index (κ2) is 6.85. The number of hydrogen-bond donors (Lipinski definition) is 1. The monoisotopic (exact) mass is 295 g/mol. The molecule has 4 nitrogen and oxygen atoms in total. The lowest BCUT2D eigenvalue weighted by molar-refractivity contribution is 0.311. The molecule has 6 heteroatoms. The van der Waals surface area contributed by atoms with Gasteiger partial charge in [-0.3, -0.25) is 0 Å². The third-order valence-corrected chi connectivity index (χ3v) is 4.18. The van der Waals surface area contributed by atoms with E-state index in [0.717, 1.165) is 11.3 Å². The van der Waals surface area contributed by atoms with Crippen LogP contribution in [0.25, 0.3) is 0 Å². The van der Waals surface area contributed by atoms with Crippen molar-refractivity contribution in [2.24, 2.45) is 11.7 Å². The van der Waals surface area contributed by atoms with Crippen molar-refractivity contribution < 1.29 is 8.91 Å². The van der Waals surface area contributed by atoms with Crippen molar-refractivity contribution in [3.8, 4) is 0 Å². The van der Waals surface area contributed by atoms with E-state index in [1.807, 2.05) is 6.07 Å². The molecule has 0 aliphatic carbocycles. The molecule has 20 heavy (non-hydrogen) atoms. The van der Waals surface area contributed by atoms with Crippen LogP contribution < -0.4 is 5.73 Å². The maximum absolute atomic E-state index is 13.1. The van der Waals surface area contributed by atoms with Crippen molar-refractivity contribution >= 4 is 11.8 Å². The van der Waals surface area contributed by atoms with Gasteiger partial charge in [-0.05, 0) is 24.1 Å². The molecule has 0 aliphatic rings. The van der Waals surface area contributed by atoms with Crippen molar-refractivity contribution in [3.05, 3.63) is 41.8 Å². The normalized spacial score (nSPS) is 14.2. The predicted octanol–water partition coefficient (Wildman–Crippen LogP) is 3.55. The smallest absolute Gasteiger partial charge is 0.243 e. The van der Waals surface area contributed by atoms with Crippen LogP contribution in [0.2, 0.25) is 0 Å². The van der Waals surface area contributed by atoms with Crippen LogP contribution >= 0.6 is 11.8 Å². The first-order valence-corrected chi connectivity index (χ1v) is 7.55. The third kappa shape index (κ3) is 3.80. The van der Waals surface area contributed by atoms with Crippen LogP contribution in [0.4, 0.5) is 4.39 Å². The summed E-state index contributed by atoms with van der Waals surface area (Å²) < 4.78 is 18.2. The average molecular weight is 295 g/mol. The largest absolute Gasteiger partial charge is 0.338 e. The summed E-state index contributed by atoms with van der Waals surface area (Å²) in [5.74, 6) is 1.61. The fourth-order valence-corrected chi connectivity index (χ4v) is 2.45. The Morgan fingerprint density at radius 1 is 1.45 bits per heavy atom. The van der Waals surface area contributed by atoms with Gasteiger partial charge in [-0.1, -0.05) is 31.5 Å². The van der Waals surface area contributed by atoms with Crippen molar-refractivity contribution in [3.63, 3.8) is 0 Å². The number of hydrogen-bond acceptors (Lipinski definition) is 5. The molecule has 0 saturated heterocycles. The van der Waals surface area contributed by atoms with E-state index in [0.29, 0.717) is 23.4 Å². The number of nitrogens with two attached hydrogens (primary N) is 1. The Balaban J connectivity index is 1.96. The molecule has 1 aromatic heterocycles. The number of thioether (sulfide) groups is 1. The van der Waals surface area contributed by atoms with Gasteiger partial charge in [0, 0.05) is 4.90 Å². The molecule has 1 heterocycles. The molecule has 2 aromatic rings. The molecular weight excluding hydrogens is 277 g/mol. The fraction of sp³-hybridized carbons (Fsp3) is 0.429. The van der Waals surface area contributed by atoms with Gasteiger partial charge in [-0.25, -0.2) is 4.39 Å². The molecule has 0 amide bonds. The molecule has 0 spiro atoms. The van der Waals surface area contributed by atoms with E-state index in [1.54, 1.807) is 6.07 Å². The Kier molecular flexibility index (Phi) is 5.14. The van der Waals surface area contributed by atoms with Gasteiger partial charge < -0.3 is 10.3 Å². The Morgan fingerprint density at radius 3 is 2.95 bits per heavy atom. The third-order valence-electron chi connectivity index (χ3n) is 3.19. The molecule has 2 rings (SSSR count). The SMILES string of the molecule is CCC(C)C(N)c1nc(CSc2cccc(F)c2)no1. The van der Waals surface area contributed by atoms with Crippen LogP contribution in [0.15, 0.2) is 33.7 Å². The topological polar surface area (TPSA) is 64.9 Å². The van der Waals surface area contributed by atoms with Crippen LogP contribution in [0.5, 0.6) is 0 Å². The van der Waals surface area contributed by atoms with Gasteiger partial charge in [-0.2, -0.15) is 4.98 Å². The summed E-state index contributed by atoms with van der Waals surface area (Å²) in [6.07, 6.45) is 0.955. The summed E-state index contributed by atoms with van der Waals surface area (Å²) >= 11 is 1.46. The van der Waals surface area contributed by atoms with Crippen LogP contribution in [0.3, 0.4) is 0 Å². The number of rotatable bonds is 6. The maximum Gasteiger partial charge on any atom is 0.243 e. The van der Waals surface area contributed by atoms with Gasteiger partial charge in [-0.15, -0.1) is 11.8 Å². The lowest BCUT2D eigenvalue weighted by Gasteiger charge is -2.12. The first kappa shape index (κ1) is 15.0. The van der Waals surface area contributed by atoms with Crippen LogP contribution in [-0.4, -0.2) is 10.1 Å². The van der Waals surface area contributed by atoms with Gasteiger partial charge in [0.25, 0.3) is 0 Å². The summed E-state index contributed by atoms with van der Waals surface area (Å²) in [4.78, 5) is 5.14. The molecule has 0 aliphatic heterocycles. The molecule has 0 bridgehead atoms. The number of aromatic nitrogens is 2. The van der Waals surface area contributed by atoms with Crippen molar-refractivity contribution in [1.82, 2.24) is 10.1 Å². The van der Waals surface area contributed by atoms with Gasteiger partial charge in [0.1, 0.15) is 5.82 Å². The zero-order valence-electron chi connectivity index (χ0n) is 11.5. The van der Waals surface area contributed by atoms with Crippen molar-refractivity contribution in [2.45, 2.75) is 37.0 Å². The quantitative estimate of drug-likeness (QED) is 0.826. The minimum absolute atomic E-state index is 0.236. The van der Waals surface area contributed by atoms with E-state index in [-0.39, 0.29) is 11.9 Å². The van der Waals surface area contributed by atoms with E-state index in [4.69, 9.17) is 10.3 Å². The Morgan fingerprint density at radius 2 is 2.25 bits per heavy atom. The molecule has 0 fully saturated rings. The highest BCUT2D eigenvalue weighted by molar-refractivity contribution is 7.98. The molecule has 0 radical (unpaired) electrons. The fourth-order valence-electron chi connectivity index (χ4n) is 1.66. The highest BCUT2D eigenvalue weighted by atomic mass is 32.2. The zero-order valence-corrected chi connectivity index (χ0v) is 12.4. The maximum atomic E-state index is 13.1. The lowest BCUT2D eigenvalue weighted by Crippen LogP contribution is -2.18. The Hall–Kier alpha value is -1.40. The summed E-state index contributed by atoms with van der Waals surface area (Å²) in [6, 6.07) is 6.19. The summed E-state index contributed by atoms with van der Waals surface area (Å²) in [6.45, 7) is 4.12. The van der Waals surface area contributed by atoms with Gasteiger partial charge in [0.05, 0.1) is 11.8 Å². The van der Waals surface area contributed by atoms with Gasteiger partial charge >= 0.3 is 0 Å². The van der Waals surface area contributed by atoms with Crippen LogP contribution in [-0.2, 0) is 5.75 Å². The Labute approximate surface area is 121 Å². The number of benzene rings is 1. The minimum atomic E-state index is -0.248. The number of halogens is 1. The molecule has 2 N–H and O–H groups in total. The van der Waals surface area contributed by atoms with Gasteiger partial charge in [0.15, 0.2) is 5.82 Å². The van der Waals surface area contributed by atoms with E-state index >= 15 is 0 Å². The summed E-state index contributed by atoms with van der Waals surface area (Å²) in [5, 5.41) is 3.91. The van der Waals surface area contributed by atoms with Crippen LogP contribution in [0.1, 0.15) is 38.0 Å². The van der Waals surface area contributed by atoms with Crippen molar-refractivity contribution in [2.75, 3.05) is 0 Å². The highest BCUT2D eigenvalue weighted by Gasteiger charge is 2.19. The molecular formula is C14H18FN3OS. The first-order chi connectivity index (χ1) is 9.60.